The fourth-order valence-corrected chi connectivity index (χ4v) is 2.28. The summed E-state index contributed by atoms with van der Waals surface area (Å²) < 4.78 is 5.00. The number of esters is 1. The standard InChI is InChI=1S/C12H23NO2/c1-3-11-8-6-5-7-9-13(11)10-12(14)15-4-2/h11H,3-10H2,1-2H3. The van der Waals surface area contributed by atoms with Gasteiger partial charge >= 0.3 is 5.97 Å². The summed E-state index contributed by atoms with van der Waals surface area (Å²) >= 11 is 0. The van der Waals surface area contributed by atoms with E-state index in [0.717, 1.165) is 13.0 Å². The van der Waals surface area contributed by atoms with E-state index in [1.165, 1.54) is 25.7 Å². The van der Waals surface area contributed by atoms with Crippen molar-refractivity contribution in [1.29, 1.82) is 0 Å². The lowest BCUT2D eigenvalue weighted by Crippen LogP contribution is -2.39. The van der Waals surface area contributed by atoms with E-state index >= 15 is 0 Å². The third-order valence-electron chi connectivity index (χ3n) is 3.11. The topological polar surface area (TPSA) is 29.5 Å². The van der Waals surface area contributed by atoms with Crippen molar-refractivity contribution in [3.8, 4) is 0 Å². The van der Waals surface area contributed by atoms with Gasteiger partial charge in [-0.3, -0.25) is 9.69 Å². The number of hydrogen-bond acceptors (Lipinski definition) is 3. The molecule has 15 heavy (non-hydrogen) atoms. The summed E-state index contributed by atoms with van der Waals surface area (Å²) in [5.41, 5.74) is 0. The van der Waals surface area contributed by atoms with Crippen molar-refractivity contribution in [1.82, 2.24) is 4.90 Å². The monoisotopic (exact) mass is 213 g/mol. The van der Waals surface area contributed by atoms with E-state index in [1.807, 2.05) is 6.92 Å². The first-order valence-electron chi connectivity index (χ1n) is 6.17. The highest BCUT2D eigenvalue weighted by molar-refractivity contribution is 5.71. The van der Waals surface area contributed by atoms with Gasteiger partial charge in [0.15, 0.2) is 0 Å². The maximum Gasteiger partial charge on any atom is 0.320 e. The van der Waals surface area contributed by atoms with Gasteiger partial charge in [0.25, 0.3) is 0 Å². The molecule has 1 unspecified atom stereocenters. The first-order chi connectivity index (χ1) is 7.27. The molecule has 0 spiro atoms. The van der Waals surface area contributed by atoms with Crippen LogP contribution in [0.1, 0.15) is 46.0 Å². The van der Waals surface area contributed by atoms with Crippen LogP contribution in [0.3, 0.4) is 0 Å². The van der Waals surface area contributed by atoms with Crippen LogP contribution >= 0.6 is 0 Å². The highest BCUT2D eigenvalue weighted by Gasteiger charge is 2.21. The predicted octanol–water partition coefficient (Wildman–Crippen LogP) is 2.20. The Labute approximate surface area is 92.8 Å². The van der Waals surface area contributed by atoms with Gasteiger partial charge in [-0.25, -0.2) is 0 Å². The van der Waals surface area contributed by atoms with Crippen molar-refractivity contribution in [2.45, 2.75) is 52.0 Å². The van der Waals surface area contributed by atoms with E-state index < -0.39 is 0 Å². The summed E-state index contributed by atoms with van der Waals surface area (Å²) in [7, 11) is 0. The van der Waals surface area contributed by atoms with Gasteiger partial charge in [0, 0.05) is 6.04 Å². The van der Waals surface area contributed by atoms with Gasteiger partial charge in [-0.1, -0.05) is 19.8 Å². The second-order valence-corrected chi connectivity index (χ2v) is 4.19. The molecule has 0 aromatic rings. The third-order valence-corrected chi connectivity index (χ3v) is 3.11. The molecule has 3 nitrogen and oxygen atoms in total. The molecule has 1 rings (SSSR count). The average molecular weight is 213 g/mol. The van der Waals surface area contributed by atoms with Gasteiger partial charge in [0.1, 0.15) is 0 Å². The molecule has 0 aromatic carbocycles. The van der Waals surface area contributed by atoms with Crippen LogP contribution in [-0.2, 0) is 9.53 Å². The van der Waals surface area contributed by atoms with E-state index in [4.69, 9.17) is 4.74 Å². The first-order valence-corrected chi connectivity index (χ1v) is 6.17. The van der Waals surface area contributed by atoms with E-state index in [-0.39, 0.29) is 5.97 Å². The SMILES string of the molecule is CCOC(=O)CN1CCCCCC1CC. The molecule has 1 saturated heterocycles. The summed E-state index contributed by atoms with van der Waals surface area (Å²) in [4.78, 5) is 13.7. The molecule has 3 heteroatoms. The van der Waals surface area contributed by atoms with Crippen LogP contribution in [-0.4, -0.2) is 36.6 Å². The molecule has 0 aromatic heterocycles. The largest absolute Gasteiger partial charge is 0.465 e. The zero-order valence-electron chi connectivity index (χ0n) is 10.00. The molecule has 1 aliphatic heterocycles. The molecule has 0 saturated carbocycles. The number of rotatable bonds is 4. The Morgan fingerprint density at radius 2 is 2.13 bits per heavy atom. The second kappa shape index (κ2) is 6.83. The molecule has 1 aliphatic rings. The van der Waals surface area contributed by atoms with Crippen LogP contribution in [0.2, 0.25) is 0 Å². The predicted molar refractivity (Wildman–Crippen MR) is 60.8 cm³/mol. The van der Waals surface area contributed by atoms with Crippen molar-refractivity contribution in [3.63, 3.8) is 0 Å². The van der Waals surface area contributed by atoms with Crippen LogP contribution in [0.4, 0.5) is 0 Å². The lowest BCUT2D eigenvalue weighted by Gasteiger charge is -2.27. The molecule has 0 bridgehead atoms. The van der Waals surface area contributed by atoms with Crippen molar-refractivity contribution in [2.75, 3.05) is 19.7 Å². The molecule has 1 atom stereocenters. The summed E-state index contributed by atoms with van der Waals surface area (Å²) in [6.07, 6.45) is 6.19. The Morgan fingerprint density at radius 1 is 1.33 bits per heavy atom. The van der Waals surface area contributed by atoms with E-state index in [1.54, 1.807) is 0 Å². The quantitative estimate of drug-likeness (QED) is 0.670. The summed E-state index contributed by atoms with van der Waals surface area (Å²) in [5, 5.41) is 0. The van der Waals surface area contributed by atoms with Crippen molar-refractivity contribution in [2.24, 2.45) is 0 Å². The van der Waals surface area contributed by atoms with Crippen LogP contribution in [0.15, 0.2) is 0 Å². The number of nitrogens with zero attached hydrogens (tertiary/aromatic N) is 1. The van der Waals surface area contributed by atoms with Crippen LogP contribution in [0.25, 0.3) is 0 Å². The maximum atomic E-state index is 11.4. The number of hydrogen-bond donors (Lipinski definition) is 0. The minimum absolute atomic E-state index is 0.0714. The van der Waals surface area contributed by atoms with Crippen LogP contribution in [0, 0.1) is 0 Å². The van der Waals surface area contributed by atoms with Gasteiger partial charge in [-0.2, -0.15) is 0 Å². The maximum absolute atomic E-state index is 11.4. The van der Waals surface area contributed by atoms with E-state index in [0.29, 0.717) is 19.2 Å². The number of carbonyl (C=O) groups excluding carboxylic acids is 1. The zero-order valence-corrected chi connectivity index (χ0v) is 10.00. The Hall–Kier alpha value is -0.570. The highest BCUT2D eigenvalue weighted by Crippen LogP contribution is 2.18. The number of likely N-dealkylation sites (tertiary alicyclic amines) is 1. The number of ether oxygens (including phenoxy) is 1. The summed E-state index contributed by atoms with van der Waals surface area (Å²) in [6, 6.07) is 0.580. The lowest BCUT2D eigenvalue weighted by atomic mass is 10.1. The van der Waals surface area contributed by atoms with Crippen LogP contribution in [0.5, 0.6) is 0 Å². The van der Waals surface area contributed by atoms with Gasteiger partial charge in [-0.05, 0) is 32.7 Å². The molecule has 0 radical (unpaired) electrons. The highest BCUT2D eigenvalue weighted by atomic mass is 16.5. The molecule has 88 valence electrons. The average Bonchev–Trinajstić information content (AvgIpc) is 2.43. The molecular formula is C12H23NO2. The Balaban J connectivity index is 2.43. The van der Waals surface area contributed by atoms with Crippen LogP contribution < -0.4 is 0 Å². The molecular weight excluding hydrogens is 190 g/mol. The summed E-state index contributed by atoms with van der Waals surface area (Å²) in [6.45, 7) is 6.08. The smallest absolute Gasteiger partial charge is 0.320 e. The lowest BCUT2D eigenvalue weighted by molar-refractivity contribution is -0.145. The third kappa shape index (κ3) is 4.20. The fourth-order valence-electron chi connectivity index (χ4n) is 2.28. The van der Waals surface area contributed by atoms with Gasteiger partial charge in [-0.15, -0.1) is 0 Å². The minimum atomic E-state index is -0.0714. The molecule has 0 aliphatic carbocycles. The second-order valence-electron chi connectivity index (χ2n) is 4.19. The van der Waals surface area contributed by atoms with Crippen molar-refractivity contribution < 1.29 is 9.53 Å². The van der Waals surface area contributed by atoms with E-state index in [9.17, 15) is 4.79 Å². The van der Waals surface area contributed by atoms with Gasteiger partial charge < -0.3 is 4.74 Å². The Kier molecular flexibility index (Phi) is 5.69. The summed E-state index contributed by atoms with van der Waals surface area (Å²) in [5.74, 6) is -0.0714. The molecule has 0 amide bonds. The molecule has 1 fully saturated rings. The fraction of sp³-hybridized carbons (Fsp3) is 0.917. The molecule has 0 N–H and O–H groups in total. The van der Waals surface area contributed by atoms with Crippen molar-refractivity contribution in [3.05, 3.63) is 0 Å². The van der Waals surface area contributed by atoms with Gasteiger partial charge in [0.2, 0.25) is 0 Å². The number of carbonyl (C=O) groups is 1. The van der Waals surface area contributed by atoms with E-state index in [2.05, 4.69) is 11.8 Å². The minimum Gasteiger partial charge on any atom is -0.465 e. The Bertz CT molecular complexity index is 194. The van der Waals surface area contributed by atoms with Gasteiger partial charge in [0.05, 0.1) is 13.2 Å². The van der Waals surface area contributed by atoms with Crippen molar-refractivity contribution >= 4 is 5.97 Å². The zero-order chi connectivity index (χ0) is 11.1. The first kappa shape index (κ1) is 12.5. The Morgan fingerprint density at radius 3 is 2.80 bits per heavy atom. The normalized spacial score (nSPS) is 23.5. The molecule has 1 heterocycles.